The number of anilines is 1. The molecule has 20 heavy (non-hydrogen) atoms. The van der Waals surface area contributed by atoms with Crippen molar-refractivity contribution in [3.8, 4) is 0 Å². The van der Waals surface area contributed by atoms with Gasteiger partial charge in [-0.1, -0.05) is 6.07 Å². The number of amides is 1. The molecule has 1 aromatic heterocycles. The van der Waals surface area contributed by atoms with Crippen LogP contribution in [0.4, 0.5) is 5.69 Å². The van der Waals surface area contributed by atoms with Crippen LogP contribution in [0.2, 0.25) is 0 Å². The molecule has 0 bridgehead atoms. The van der Waals surface area contributed by atoms with E-state index in [4.69, 9.17) is 9.15 Å². The standard InChI is InChI=1S/C15H15NO4/c1-3-19-15(18)11-5-4-6-12(9-11)16-14(17)13-8-7-10(2)20-13/h4-9H,3H2,1-2H3,(H,16,17). The van der Waals surface area contributed by atoms with E-state index in [1.807, 2.05) is 0 Å². The lowest BCUT2D eigenvalue weighted by Crippen LogP contribution is -2.12. The second-order valence-electron chi connectivity index (χ2n) is 4.17. The van der Waals surface area contributed by atoms with E-state index in [9.17, 15) is 9.59 Å². The molecule has 1 aromatic carbocycles. The maximum absolute atomic E-state index is 11.9. The summed E-state index contributed by atoms with van der Waals surface area (Å²) in [6.45, 7) is 3.81. The number of benzene rings is 1. The smallest absolute Gasteiger partial charge is 0.338 e. The summed E-state index contributed by atoms with van der Waals surface area (Å²) in [4.78, 5) is 23.5. The van der Waals surface area contributed by atoms with Crippen molar-refractivity contribution in [2.24, 2.45) is 0 Å². The lowest BCUT2D eigenvalue weighted by atomic mass is 10.2. The van der Waals surface area contributed by atoms with E-state index in [1.54, 1.807) is 50.2 Å². The molecule has 0 atom stereocenters. The number of aryl methyl sites for hydroxylation is 1. The molecule has 104 valence electrons. The number of esters is 1. The van der Waals surface area contributed by atoms with E-state index in [0.717, 1.165) is 0 Å². The Balaban J connectivity index is 2.12. The summed E-state index contributed by atoms with van der Waals surface area (Å²) in [5.74, 6) is 0.107. The number of hydrogen-bond acceptors (Lipinski definition) is 4. The van der Waals surface area contributed by atoms with Gasteiger partial charge in [-0.15, -0.1) is 0 Å². The van der Waals surface area contributed by atoms with Gasteiger partial charge in [0.25, 0.3) is 5.91 Å². The highest BCUT2D eigenvalue weighted by atomic mass is 16.5. The predicted octanol–water partition coefficient (Wildman–Crippen LogP) is 3.02. The van der Waals surface area contributed by atoms with Crippen LogP contribution in [-0.4, -0.2) is 18.5 Å². The molecule has 2 aromatic rings. The molecule has 0 aliphatic heterocycles. The number of furan rings is 1. The Kier molecular flexibility index (Phi) is 4.20. The molecule has 2 rings (SSSR count). The second kappa shape index (κ2) is 6.06. The molecule has 0 saturated carbocycles. The zero-order valence-electron chi connectivity index (χ0n) is 11.3. The molecule has 5 nitrogen and oxygen atoms in total. The van der Waals surface area contributed by atoms with Gasteiger partial charge >= 0.3 is 5.97 Å². The molecule has 0 spiro atoms. The summed E-state index contributed by atoms with van der Waals surface area (Å²) in [5, 5.41) is 2.67. The van der Waals surface area contributed by atoms with Crippen molar-refractivity contribution in [1.29, 1.82) is 0 Å². The van der Waals surface area contributed by atoms with Crippen molar-refractivity contribution in [2.75, 3.05) is 11.9 Å². The van der Waals surface area contributed by atoms with Gasteiger partial charge in [0.15, 0.2) is 5.76 Å². The third-order valence-electron chi connectivity index (χ3n) is 2.60. The normalized spacial score (nSPS) is 10.1. The fourth-order valence-corrected chi connectivity index (χ4v) is 1.69. The van der Waals surface area contributed by atoms with Crippen LogP contribution in [0.3, 0.4) is 0 Å². The minimum atomic E-state index is -0.419. The summed E-state index contributed by atoms with van der Waals surface area (Å²) >= 11 is 0. The summed E-state index contributed by atoms with van der Waals surface area (Å²) in [6.07, 6.45) is 0. The Bertz CT molecular complexity index is 630. The van der Waals surface area contributed by atoms with Gasteiger partial charge in [-0.3, -0.25) is 4.79 Å². The van der Waals surface area contributed by atoms with E-state index >= 15 is 0 Å². The van der Waals surface area contributed by atoms with Crippen molar-refractivity contribution >= 4 is 17.6 Å². The fourth-order valence-electron chi connectivity index (χ4n) is 1.69. The van der Waals surface area contributed by atoms with Gasteiger partial charge in [0, 0.05) is 5.69 Å². The summed E-state index contributed by atoms with van der Waals surface area (Å²) in [5.41, 5.74) is 0.898. The first-order valence-corrected chi connectivity index (χ1v) is 6.25. The van der Waals surface area contributed by atoms with E-state index in [1.165, 1.54) is 0 Å². The van der Waals surface area contributed by atoms with Crippen molar-refractivity contribution < 1.29 is 18.7 Å². The minimum Gasteiger partial charge on any atom is -0.462 e. The van der Waals surface area contributed by atoms with Crippen LogP contribution < -0.4 is 5.32 Å². The summed E-state index contributed by atoms with van der Waals surface area (Å²) in [7, 11) is 0. The highest BCUT2D eigenvalue weighted by molar-refractivity contribution is 6.03. The predicted molar refractivity (Wildman–Crippen MR) is 73.8 cm³/mol. The minimum absolute atomic E-state index is 0.226. The lowest BCUT2D eigenvalue weighted by Gasteiger charge is -2.06. The quantitative estimate of drug-likeness (QED) is 0.869. The van der Waals surface area contributed by atoms with Gasteiger partial charge in [-0.2, -0.15) is 0 Å². The number of nitrogens with one attached hydrogen (secondary N) is 1. The van der Waals surface area contributed by atoms with Gasteiger partial charge < -0.3 is 14.5 Å². The fraction of sp³-hybridized carbons (Fsp3) is 0.200. The van der Waals surface area contributed by atoms with Crippen molar-refractivity contribution in [2.45, 2.75) is 13.8 Å². The van der Waals surface area contributed by atoms with Gasteiger partial charge in [-0.25, -0.2) is 4.79 Å². The molecule has 0 aliphatic rings. The third kappa shape index (κ3) is 3.26. The zero-order chi connectivity index (χ0) is 14.5. The number of carbonyl (C=O) groups excluding carboxylic acids is 2. The summed E-state index contributed by atoms with van der Waals surface area (Å²) in [6, 6.07) is 9.87. The van der Waals surface area contributed by atoms with E-state index in [-0.39, 0.29) is 11.7 Å². The molecular formula is C15H15NO4. The monoisotopic (exact) mass is 273 g/mol. The highest BCUT2D eigenvalue weighted by Gasteiger charge is 2.12. The molecule has 1 heterocycles. The van der Waals surface area contributed by atoms with Gasteiger partial charge in [0.1, 0.15) is 5.76 Å². The Morgan fingerprint density at radius 1 is 1.25 bits per heavy atom. The third-order valence-corrected chi connectivity index (χ3v) is 2.60. The maximum atomic E-state index is 11.9. The van der Waals surface area contributed by atoms with Crippen molar-refractivity contribution in [3.63, 3.8) is 0 Å². The Hall–Kier alpha value is -2.56. The lowest BCUT2D eigenvalue weighted by molar-refractivity contribution is 0.0526. The Labute approximate surface area is 116 Å². The molecule has 0 unspecified atom stereocenters. The van der Waals surface area contributed by atoms with Gasteiger partial charge in [0.05, 0.1) is 12.2 Å². The average Bonchev–Trinajstić information content (AvgIpc) is 2.86. The molecular weight excluding hydrogens is 258 g/mol. The molecule has 0 fully saturated rings. The van der Waals surface area contributed by atoms with Crippen LogP contribution in [0.5, 0.6) is 0 Å². The molecule has 0 saturated heterocycles. The van der Waals surface area contributed by atoms with Crippen LogP contribution in [0, 0.1) is 6.92 Å². The molecule has 1 amide bonds. The van der Waals surface area contributed by atoms with Crippen molar-refractivity contribution in [3.05, 3.63) is 53.5 Å². The second-order valence-corrected chi connectivity index (χ2v) is 4.17. The average molecular weight is 273 g/mol. The Morgan fingerprint density at radius 3 is 2.70 bits per heavy atom. The van der Waals surface area contributed by atoms with Crippen LogP contribution in [0.15, 0.2) is 40.8 Å². The number of ether oxygens (including phenoxy) is 1. The molecule has 1 N–H and O–H groups in total. The van der Waals surface area contributed by atoms with Crippen molar-refractivity contribution in [1.82, 2.24) is 0 Å². The molecule has 5 heteroatoms. The Morgan fingerprint density at radius 2 is 2.05 bits per heavy atom. The number of carbonyl (C=O) groups is 2. The van der Waals surface area contributed by atoms with Crippen LogP contribution in [0.25, 0.3) is 0 Å². The first-order valence-electron chi connectivity index (χ1n) is 6.25. The van der Waals surface area contributed by atoms with Crippen LogP contribution in [-0.2, 0) is 4.74 Å². The highest BCUT2D eigenvalue weighted by Crippen LogP contribution is 2.14. The summed E-state index contributed by atoms with van der Waals surface area (Å²) < 4.78 is 10.1. The first kappa shape index (κ1) is 13.9. The molecule has 0 radical (unpaired) electrons. The number of rotatable bonds is 4. The van der Waals surface area contributed by atoms with Crippen LogP contribution in [0.1, 0.15) is 33.6 Å². The van der Waals surface area contributed by atoms with E-state index in [2.05, 4.69) is 5.32 Å². The van der Waals surface area contributed by atoms with E-state index in [0.29, 0.717) is 23.6 Å². The number of hydrogen-bond donors (Lipinski definition) is 1. The first-order chi connectivity index (χ1) is 9.60. The van der Waals surface area contributed by atoms with Crippen LogP contribution >= 0.6 is 0 Å². The SMILES string of the molecule is CCOC(=O)c1cccc(NC(=O)c2ccc(C)o2)c1. The van der Waals surface area contributed by atoms with E-state index < -0.39 is 5.97 Å². The maximum Gasteiger partial charge on any atom is 0.338 e. The topological polar surface area (TPSA) is 68.5 Å². The molecule has 0 aliphatic carbocycles. The largest absolute Gasteiger partial charge is 0.462 e. The van der Waals surface area contributed by atoms with Gasteiger partial charge in [0.2, 0.25) is 0 Å². The zero-order valence-corrected chi connectivity index (χ0v) is 11.3. The van der Waals surface area contributed by atoms with Gasteiger partial charge in [-0.05, 0) is 44.2 Å².